The molecular formula is C19H23N3O4. The number of likely N-dealkylation sites (tertiary alicyclic amines) is 1. The number of aromatic nitrogens is 1. The third-order valence-corrected chi connectivity index (χ3v) is 4.96. The Labute approximate surface area is 151 Å². The van der Waals surface area contributed by atoms with E-state index in [2.05, 4.69) is 10.3 Å². The van der Waals surface area contributed by atoms with Gasteiger partial charge in [-0.2, -0.15) is 0 Å². The Bertz CT molecular complexity index is 892. The average molecular weight is 357 g/mol. The average Bonchev–Trinajstić information content (AvgIpc) is 3.04. The molecule has 2 N–H and O–H groups in total. The second kappa shape index (κ2) is 7.29. The smallest absolute Gasteiger partial charge is 0.256 e. The van der Waals surface area contributed by atoms with E-state index in [-0.39, 0.29) is 17.4 Å². The standard InChI is InChI=1S/C19H23N3O4/c1-13(23)21-11-19(12-26-2)8-5-9-22(19)18(25)16-10-20-17(24)15-7-4-3-6-14(15)16/h3-4,6-7,10H,5,8-9,11-12H2,1-2H3,(H,20,24)(H,21,23). The highest BCUT2D eigenvalue weighted by molar-refractivity contribution is 6.06. The molecule has 2 amide bonds. The van der Waals surface area contributed by atoms with E-state index in [0.29, 0.717) is 36.0 Å². The van der Waals surface area contributed by atoms with E-state index in [1.807, 2.05) is 6.07 Å². The van der Waals surface area contributed by atoms with Crippen LogP contribution in [0.3, 0.4) is 0 Å². The summed E-state index contributed by atoms with van der Waals surface area (Å²) in [5.41, 5.74) is -0.361. The lowest BCUT2D eigenvalue weighted by Crippen LogP contribution is -2.57. The Balaban J connectivity index is 2.01. The van der Waals surface area contributed by atoms with Crippen LogP contribution in [0.5, 0.6) is 0 Å². The lowest BCUT2D eigenvalue weighted by molar-refractivity contribution is -0.119. The van der Waals surface area contributed by atoms with E-state index >= 15 is 0 Å². The predicted molar refractivity (Wildman–Crippen MR) is 98.1 cm³/mol. The molecule has 1 aliphatic heterocycles. The third kappa shape index (κ3) is 3.22. The third-order valence-electron chi connectivity index (χ3n) is 4.96. The molecule has 138 valence electrons. The monoisotopic (exact) mass is 357 g/mol. The molecule has 1 saturated heterocycles. The first kappa shape index (κ1) is 18.1. The van der Waals surface area contributed by atoms with Gasteiger partial charge in [-0.3, -0.25) is 14.4 Å². The Hall–Kier alpha value is -2.67. The number of methoxy groups -OCH3 is 1. The van der Waals surface area contributed by atoms with E-state index in [9.17, 15) is 14.4 Å². The van der Waals surface area contributed by atoms with Crippen molar-refractivity contribution in [1.29, 1.82) is 0 Å². The van der Waals surface area contributed by atoms with Gasteiger partial charge in [0.05, 0.1) is 17.7 Å². The number of carbonyl (C=O) groups is 2. The van der Waals surface area contributed by atoms with E-state index in [0.717, 1.165) is 12.8 Å². The summed E-state index contributed by atoms with van der Waals surface area (Å²) in [5.74, 6) is -0.313. The number of ether oxygens (including phenoxy) is 1. The van der Waals surface area contributed by atoms with Crippen molar-refractivity contribution in [3.05, 3.63) is 46.4 Å². The van der Waals surface area contributed by atoms with E-state index in [4.69, 9.17) is 4.74 Å². The van der Waals surface area contributed by atoms with Gasteiger partial charge in [-0.15, -0.1) is 0 Å². The Morgan fingerprint density at radius 3 is 2.73 bits per heavy atom. The molecule has 1 aromatic heterocycles. The molecule has 1 atom stereocenters. The molecule has 1 aliphatic rings. The van der Waals surface area contributed by atoms with E-state index in [1.165, 1.54) is 13.1 Å². The highest BCUT2D eigenvalue weighted by Crippen LogP contribution is 2.32. The van der Waals surface area contributed by atoms with Gasteiger partial charge in [0.25, 0.3) is 11.5 Å². The van der Waals surface area contributed by atoms with Gasteiger partial charge in [-0.25, -0.2) is 0 Å². The Morgan fingerprint density at radius 2 is 2.04 bits per heavy atom. The molecule has 2 aromatic rings. The van der Waals surface area contributed by atoms with Crippen molar-refractivity contribution in [3.63, 3.8) is 0 Å². The molecule has 7 heteroatoms. The van der Waals surface area contributed by atoms with Crippen LogP contribution in [0.4, 0.5) is 0 Å². The van der Waals surface area contributed by atoms with Crippen LogP contribution in [0.2, 0.25) is 0 Å². The number of hydrogen-bond acceptors (Lipinski definition) is 4. The molecule has 0 aliphatic carbocycles. The van der Waals surface area contributed by atoms with Gasteiger partial charge in [-0.05, 0) is 18.9 Å². The molecule has 0 radical (unpaired) electrons. The van der Waals surface area contributed by atoms with E-state index < -0.39 is 5.54 Å². The normalized spacial score (nSPS) is 19.7. The number of amides is 2. The summed E-state index contributed by atoms with van der Waals surface area (Å²) in [6.07, 6.45) is 3.05. The summed E-state index contributed by atoms with van der Waals surface area (Å²) in [6.45, 7) is 2.70. The summed E-state index contributed by atoms with van der Waals surface area (Å²) >= 11 is 0. The van der Waals surface area contributed by atoms with Crippen molar-refractivity contribution in [2.24, 2.45) is 0 Å². The minimum Gasteiger partial charge on any atom is -0.382 e. The van der Waals surface area contributed by atoms with Crippen molar-refractivity contribution in [2.45, 2.75) is 25.3 Å². The second-order valence-corrected chi connectivity index (χ2v) is 6.70. The molecule has 0 bridgehead atoms. The fourth-order valence-corrected chi connectivity index (χ4v) is 3.73. The molecule has 7 nitrogen and oxygen atoms in total. The molecule has 3 rings (SSSR count). The summed E-state index contributed by atoms with van der Waals surface area (Å²) in [7, 11) is 1.59. The zero-order chi connectivity index (χ0) is 18.7. The first-order valence-electron chi connectivity index (χ1n) is 8.64. The maximum Gasteiger partial charge on any atom is 0.256 e. The van der Waals surface area contributed by atoms with Crippen LogP contribution in [-0.4, -0.2) is 54.0 Å². The zero-order valence-electron chi connectivity index (χ0n) is 15.0. The van der Waals surface area contributed by atoms with Crippen LogP contribution in [0, 0.1) is 0 Å². The Kier molecular flexibility index (Phi) is 5.08. The van der Waals surface area contributed by atoms with Crippen molar-refractivity contribution in [1.82, 2.24) is 15.2 Å². The second-order valence-electron chi connectivity index (χ2n) is 6.70. The summed E-state index contributed by atoms with van der Waals surface area (Å²) < 4.78 is 5.38. The van der Waals surface area contributed by atoms with Gasteiger partial charge >= 0.3 is 0 Å². The maximum absolute atomic E-state index is 13.3. The van der Waals surface area contributed by atoms with Gasteiger partial charge in [0, 0.05) is 44.1 Å². The number of aromatic amines is 1. The van der Waals surface area contributed by atoms with Gasteiger partial charge in [0.15, 0.2) is 0 Å². The number of nitrogens with zero attached hydrogens (tertiary/aromatic N) is 1. The molecule has 2 heterocycles. The number of fused-ring (bicyclic) bond motifs is 1. The highest BCUT2D eigenvalue weighted by Gasteiger charge is 2.44. The SMILES string of the molecule is COCC1(CNC(C)=O)CCCN1C(=O)c1c[nH]c(=O)c2ccccc12. The maximum atomic E-state index is 13.3. The molecule has 0 saturated carbocycles. The molecule has 1 aromatic carbocycles. The molecule has 1 fully saturated rings. The summed E-state index contributed by atoms with van der Waals surface area (Å²) in [5, 5.41) is 3.93. The topological polar surface area (TPSA) is 91.5 Å². The number of pyridine rings is 1. The van der Waals surface area contributed by atoms with Crippen LogP contribution in [0.25, 0.3) is 10.8 Å². The molecule has 26 heavy (non-hydrogen) atoms. The van der Waals surface area contributed by atoms with Gasteiger partial charge in [0.1, 0.15) is 0 Å². The number of carbonyl (C=O) groups excluding carboxylic acids is 2. The number of nitrogens with one attached hydrogen (secondary N) is 2. The predicted octanol–water partition coefficient (Wildman–Crippen LogP) is 1.29. The number of hydrogen-bond donors (Lipinski definition) is 2. The van der Waals surface area contributed by atoms with Crippen LogP contribution < -0.4 is 10.9 Å². The van der Waals surface area contributed by atoms with Crippen LogP contribution >= 0.6 is 0 Å². The molecule has 0 spiro atoms. The number of benzene rings is 1. The highest BCUT2D eigenvalue weighted by atomic mass is 16.5. The van der Waals surface area contributed by atoms with Crippen molar-refractivity contribution in [3.8, 4) is 0 Å². The Morgan fingerprint density at radius 1 is 1.31 bits per heavy atom. The van der Waals surface area contributed by atoms with Gasteiger partial charge in [0.2, 0.25) is 5.91 Å². The lowest BCUT2D eigenvalue weighted by atomic mass is 9.95. The largest absolute Gasteiger partial charge is 0.382 e. The lowest BCUT2D eigenvalue weighted by Gasteiger charge is -2.38. The van der Waals surface area contributed by atoms with Gasteiger partial charge in [-0.1, -0.05) is 18.2 Å². The molecule has 1 unspecified atom stereocenters. The van der Waals surface area contributed by atoms with Crippen LogP contribution in [0.1, 0.15) is 30.1 Å². The van der Waals surface area contributed by atoms with Gasteiger partial charge < -0.3 is 19.9 Å². The first-order chi connectivity index (χ1) is 12.5. The van der Waals surface area contributed by atoms with Crippen LogP contribution in [-0.2, 0) is 9.53 Å². The van der Waals surface area contributed by atoms with Crippen molar-refractivity contribution < 1.29 is 14.3 Å². The van der Waals surface area contributed by atoms with Crippen LogP contribution in [0.15, 0.2) is 35.3 Å². The number of rotatable bonds is 5. The quantitative estimate of drug-likeness (QED) is 0.843. The minimum atomic E-state index is -0.589. The fraction of sp³-hybridized carbons (Fsp3) is 0.421. The molecular weight excluding hydrogens is 334 g/mol. The minimum absolute atomic E-state index is 0.144. The summed E-state index contributed by atoms with van der Waals surface area (Å²) in [6, 6.07) is 7.06. The first-order valence-corrected chi connectivity index (χ1v) is 8.64. The van der Waals surface area contributed by atoms with Crippen molar-refractivity contribution in [2.75, 3.05) is 26.8 Å². The zero-order valence-corrected chi connectivity index (χ0v) is 15.0. The van der Waals surface area contributed by atoms with E-state index in [1.54, 1.807) is 30.2 Å². The van der Waals surface area contributed by atoms with Crippen molar-refractivity contribution >= 4 is 22.6 Å². The fourth-order valence-electron chi connectivity index (χ4n) is 3.73. The number of H-pyrrole nitrogens is 1. The summed E-state index contributed by atoms with van der Waals surface area (Å²) in [4.78, 5) is 41.2.